The summed E-state index contributed by atoms with van der Waals surface area (Å²) in [7, 11) is 0. The van der Waals surface area contributed by atoms with Crippen LogP contribution in [0.5, 0.6) is 0 Å². The maximum atomic E-state index is 11.5. The van der Waals surface area contributed by atoms with Crippen LogP contribution in [0.15, 0.2) is 30.3 Å². The van der Waals surface area contributed by atoms with Crippen molar-refractivity contribution in [1.29, 1.82) is 0 Å². The molecule has 1 amide bonds. The van der Waals surface area contributed by atoms with E-state index in [-0.39, 0.29) is 18.6 Å². The van der Waals surface area contributed by atoms with Crippen LogP contribution in [0.2, 0.25) is 0 Å². The normalized spacial score (nSPS) is 12.1. The molecule has 88 valence electrons. The lowest BCUT2D eigenvalue weighted by molar-refractivity contribution is -0.121. The first-order valence-electron chi connectivity index (χ1n) is 5.22. The van der Waals surface area contributed by atoms with E-state index in [1.807, 2.05) is 36.6 Å². The van der Waals surface area contributed by atoms with Gasteiger partial charge in [0.2, 0.25) is 5.91 Å². The molecule has 0 heterocycles. The van der Waals surface area contributed by atoms with Crippen LogP contribution < -0.4 is 5.32 Å². The van der Waals surface area contributed by atoms with Crippen LogP contribution >= 0.6 is 11.8 Å². The molecule has 1 aromatic carbocycles. The van der Waals surface area contributed by atoms with Crippen molar-refractivity contribution in [1.82, 2.24) is 5.32 Å². The Bertz CT molecular complexity index is 316. The van der Waals surface area contributed by atoms with Gasteiger partial charge in [-0.05, 0) is 11.8 Å². The van der Waals surface area contributed by atoms with Crippen molar-refractivity contribution >= 4 is 17.7 Å². The number of carbonyl (C=O) groups is 1. The maximum absolute atomic E-state index is 11.5. The average Bonchev–Trinajstić information content (AvgIpc) is 2.34. The number of benzene rings is 1. The lowest BCUT2D eigenvalue weighted by atomic mass is 10.1. The number of aliphatic hydroxyl groups excluding tert-OH is 1. The molecule has 0 saturated carbocycles. The van der Waals surface area contributed by atoms with Crippen LogP contribution in [0.25, 0.3) is 0 Å². The second-order valence-electron chi connectivity index (χ2n) is 3.46. The van der Waals surface area contributed by atoms with Crippen molar-refractivity contribution in [3.05, 3.63) is 35.9 Å². The van der Waals surface area contributed by atoms with Gasteiger partial charge >= 0.3 is 0 Å². The van der Waals surface area contributed by atoms with Gasteiger partial charge in [-0.25, -0.2) is 0 Å². The van der Waals surface area contributed by atoms with Crippen LogP contribution in [0.4, 0.5) is 0 Å². The van der Waals surface area contributed by atoms with E-state index in [0.717, 1.165) is 11.3 Å². The summed E-state index contributed by atoms with van der Waals surface area (Å²) < 4.78 is 0. The molecule has 0 aromatic heterocycles. The first kappa shape index (κ1) is 13.1. The van der Waals surface area contributed by atoms with E-state index >= 15 is 0 Å². The molecule has 0 aliphatic heterocycles. The standard InChI is InChI=1S/C12H17NO2S/c1-16-8-7-12(15)13-11(9-14)10-5-3-2-4-6-10/h2-6,11,14H,7-9H2,1H3,(H,13,15)/t11-/m0/s1. The summed E-state index contributed by atoms with van der Waals surface area (Å²) >= 11 is 1.64. The van der Waals surface area contributed by atoms with Gasteiger partial charge in [0.25, 0.3) is 0 Å². The third-order valence-corrected chi connectivity index (χ3v) is 2.87. The second kappa shape index (κ2) is 7.30. The van der Waals surface area contributed by atoms with E-state index in [1.54, 1.807) is 11.8 Å². The summed E-state index contributed by atoms with van der Waals surface area (Å²) in [5.74, 6) is 0.788. The molecule has 2 N–H and O–H groups in total. The molecule has 0 spiro atoms. The summed E-state index contributed by atoms with van der Waals surface area (Å²) in [5.41, 5.74) is 0.933. The molecule has 0 radical (unpaired) electrons. The van der Waals surface area contributed by atoms with Gasteiger partial charge in [0, 0.05) is 12.2 Å². The number of carbonyl (C=O) groups excluding carboxylic acids is 1. The SMILES string of the molecule is CSCCC(=O)N[C@@H](CO)c1ccccc1. The molecule has 0 aliphatic carbocycles. The first-order chi connectivity index (χ1) is 7.77. The van der Waals surface area contributed by atoms with Crippen molar-refractivity contribution < 1.29 is 9.90 Å². The predicted molar refractivity (Wildman–Crippen MR) is 67.4 cm³/mol. The highest BCUT2D eigenvalue weighted by molar-refractivity contribution is 7.98. The van der Waals surface area contributed by atoms with Gasteiger partial charge in [0.1, 0.15) is 0 Å². The summed E-state index contributed by atoms with van der Waals surface area (Å²) in [6.45, 7) is -0.0744. The molecular formula is C12H17NO2S. The summed E-state index contributed by atoms with van der Waals surface area (Å²) in [6.07, 6.45) is 2.46. The van der Waals surface area contributed by atoms with Gasteiger partial charge in [-0.3, -0.25) is 4.79 Å². The predicted octanol–water partition coefficient (Wildman–Crippen LogP) is 1.59. The van der Waals surface area contributed by atoms with Crippen molar-refractivity contribution in [3.8, 4) is 0 Å². The molecular weight excluding hydrogens is 222 g/mol. The fraction of sp³-hybridized carbons (Fsp3) is 0.417. The van der Waals surface area contributed by atoms with Crippen LogP contribution in [0, 0.1) is 0 Å². The Kier molecular flexibility index (Phi) is 5.96. The molecule has 1 rings (SSSR count). The molecule has 4 heteroatoms. The minimum absolute atomic E-state index is 0.0164. The molecule has 0 fully saturated rings. The Hall–Kier alpha value is -1.00. The minimum Gasteiger partial charge on any atom is -0.394 e. The monoisotopic (exact) mass is 239 g/mol. The molecule has 3 nitrogen and oxygen atoms in total. The number of hydrogen-bond acceptors (Lipinski definition) is 3. The number of hydrogen-bond donors (Lipinski definition) is 2. The van der Waals surface area contributed by atoms with Gasteiger partial charge in [0.15, 0.2) is 0 Å². The number of amides is 1. The Balaban J connectivity index is 2.52. The van der Waals surface area contributed by atoms with E-state index in [2.05, 4.69) is 5.32 Å². The highest BCUT2D eigenvalue weighted by Gasteiger charge is 2.12. The zero-order valence-electron chi connectivity index (χ0n) is 9.35. The number of rotatable bonds is 6. The van der Waals surface area contributed by atoms with Crippen LogP contribution in [0.3, 0.4) is 0 Å². The zero-order chi connectivity index (χ0) is 11.8. The van der Waals surface area contributed by atoms with Crippen molar-refractivity contribution in [2.75, 3.05) is 18.6 Å². The highest BCUT2D eigenvalue weighted by atomic mass is 32.2. The Morgan fingerprint density at radius 2 is 2.12 bits per heavy atom. The molecule has 0 aliphatic rings. The highest BCUT2D eigenvalue weighted by Crippen LogP contribution is 2.11. The largest absolute Gasteiger partial charge is 0.394 e. The van der Waals surface area contributed by atoms with Crippen LogP contribution in [-0.2, 0) is 4.79 Å². The summed E-state index contributed by atoms with van der Waals surface area (Å²) in [6, 6.07) is 9.20. The van der Waals surface area contributed by atoms with Crippen LogP contribution in [-0.4, -0.2) is 29.6 Å². The maximum Gasteiger partial charge on any atom is 0.221 e. The minimum atomic E-state index is -0.296. The Morgan fingerprint density at radius 1 is 1.44 bits per heavy atom. The third-order valence-electron chi connectivity index (χ3n) is 2.25. The fourth-order valence-electron chi connectivity index (χ4n) is 1.38. The molecule has 1 atom stereocenters. The molecule has 16 heavy (non-hydrogen) atoms. The van der Waals surface area contributed by atoms with Crippen molar-refractivity contribution in [2.45, 2.75) is 12.5 Å². The van der Waals surface area contributed by atoms with E-state index in [1.165, 1.54) is 0 Å². The third kappa shape index (κ3) is 4.24. The van der Waals surface area contributed by atoms with E-state index < -0.39 is 0 Å². The lowest BCUT2D eigenvalue weighted by Gasteiger charge is -2.16. The fourth-order valence-corrected chi connectivity index (χ4v) is 1.77. The van der Waals surface area contributed by atoms with Crippen molar-refractivity contribution in [2.24, 2.45) is 0 Å². The average molecular weight is 239 g/mol. The first-order valence-corrected chi connectivity index (χ1v) is 6.61. The Morgan fingerprint density at radius 3 is 2.69 bits per heavy atom. The van der Waals surface area contributed by atoms with E-state index in [9.17, 15) is 9.90 Å². The van der Waals surface area contributed by atoms with Gasteiger partial charge in [-0.1, -0.05) is 30.3 Å². The van der Waals surface area contributed by atoms with Crippen LogP contribution in [0.1, 0.15) is 18.0 Å². The molecule has 0 saturated heterocycles. The van der Waals surface area contributed by atoms with Gasteiger partial charge < -0.3 is 10.4 Å². The molecule has 0 bridgehead atoms. The Labute approximate surface area is 100 Å². The smallest absolute Gasteiger partial charge is 0.221 e. The second-order valence-corrected chi connectivity index (χ2v) is 4.44. The van der Waals surface area contributed by atoms with Gasteiger partial charge in [0.05, 0.1) is 12.6 Å². The number of nitrogens with one attached hydrogen (secondary N) is 1. The van der Waals surface area contributed by atoms with E-state index in [0.29, 0.717) is 6.42 Å². The summed E-state index contributed by atoms with van der Waals surface area (Å²) in [5, 5.41) is 12.0. The molecule has 0 unspecified atom stereocenters. The number of thioether (sulfide) groups is 1. The van der Waals surface area contributed by atoms with Crippen molar-refractivity contribution in [3.63, 3.8) is 0 Å². The van der Waals surface area contributed by atoms with Gasteiger partial charge in [-0.15, -0.1) is 0 Å². The topological polar surface area (TPSA) is 49.3 Å². The summed E-state index contributed by atoms with van der Waals surface area (Å²) in [4.78, 5) is 11.5. The van der Waals surface area contributed by atoms with Gasteiger partial charge in [-0.2, -0.15) is 11.8 Å². The zero-order valence-corrected chi connectivity index (χ0v) is 10.2. The van der Waals surface area contributed by atoms with E-state index in [4.69, 9.17) is 0 Å². The lowest BCUT2D eigenvalue weighted by Crippen LogP contribution is -2.30. The quantitative estimate of drug-likeness (QED) is 0.792. The number of aliphatic hydroxyl groups is 1. The molecule has 1 aromatic rings.